The Balaban J connectivity index is 1.57. The van der Waals surface area contributed by atoms with Gasteiger partial charge >= 0.3 is 0 Å². The summed E-state index contributed by atoms with van der Waals surface area (Å²) in [5.41, 5.74) is 3.65. The van der Waals surface area contributed by atoms with Crippen LogP contribution < -0.4 is 5.32 Å². The number of hydrogen-bond donors (Lipinski definition) is 1. The maximum absolute atomic E-state index is 4.60. The van der Waals surface area contributed by atoms with Gasteiger partial charge in [-0.3, -0.25) is 4.98 Å². The molecule has 25 heavy (non-hydrogen) atoms. The quantitative estimate of drug-likeness (QED) is 0.568. The maximum atomic E-state index is 4.60. The van der Waals surface area contributed by atoms with E-state index in [1.165, 1.54) is 0 Å². The number of nitrogens with zero attached hydrogens (tertiary/aromatic N) is 5. The zero-order valence-electron chi connectivity index (χ0n) is 13.5. The van der Waals surface area contributed by atoms with E-state index in [0.29, 0.717) is 12.4 Å². The molecule has 0 fully saturated rings. The number of anilines is 1. The molecule has 1 N–H and O–H groups in total. The van der Waals surface area contributed by atoms with E-state index in [1.54, 1.807) is 12.4 Å². The van der Waals surface area contributed by atoms with E-state index >= 15 is 0 Å². The number of halogens is 1. The molecule has 0 bridgehead atoms. The number of pyridine rings is 2. The second kappa shape index (κ2) is 6.60. The summed E-state index contributed by atoms with van der Waals surface area (Å²) in [6.45, 7) is 2.54. The van der Waals surface area contributed by atoms with Gasteiger partial charge in [0, 0.05) is 46.6 Å². The molecule has 0 unspecified atom stereocenters. The van der Waals surface area contributed by atoms with Gasteiger partial charge in [-0.1, -0.05) is 0 Å². The molecule has 4 aromatic heterocycles. The first-order valence-corrected chi connectivity index (χ1v) is 8.60. The largest absolute Gasteiger partial charge is 0.364 e. The molecule has 0 saturated carbocycles. The molecular weight excluding hydrogens is 380 g/mol. The summed E-state index contributed by atoms with van der Waals surface area (Å²) in [4.78, 5) is 17.8. The Labute approximate surface area is 153 Å². The van der Waals surface area contributed by atoms with Crippen molar-refractivity contribution in [1.29, 1.82) is 0 Å². The molecule has 0 amide bonds. The second-order valence-electron chi connectivity index (χ2n) is 5.66. The van der Waals surface area contributed by atoms with Crippen LogP contribution >= 0.6 is 15.9 Å². The first-order chi connectivity index (χ1) is 12.2. The topological polar surface area (TPSA) is 68.0 Å². The summed E-state index contributed by atoms with van der Waals surface area (Å²) in [5, 5.41) is 3.33. The molecular formula is C18H15BrN6. The highest BCUT2D eigenvalue weighted by atomic mass is 79.9. The maximum Gasteiger partial charge on any atom is 0.163 e. The van der Waals surface area contributed by atoms with Crippen LogP contribution in [0.25, 0.3) is 17.0 Å². The molecule has 0 aliphatic carbocycles. The molecule has 0 saturated heterocycles. The Morgan fingerprint density at radius 1 is 1.12 bits per heavy atom. The summed E-state index contributed by atoms with van der Waals surface area (Å²) in [6.07, 6.45) is 7.49. The molecule has 4 rings (SSSR count). The summed E-state index contributed by atoms with van der Waals surface area (Å²) < 4.78 is 3.01. The van der Waals surface area contributed by atoms with E-state index in [4.69, 9.17) is 0 Å². The lowest BCUT2D eigenvalue weighted by Crippen LogP contribution is -2.04. The lowest BCUT2D eigenvalue weighted by atomic mass is 10.2. The summed E-state index contributed by atoms with van der Waals surface area (Å²) in [5.74, 6) is 1.43. The van der Waals surface area contributed by atoms with Crippen LogP contribution in [0, 0.1) is 6.92 Å². The van der Waals surface area contributed by atoms with Crippen LogP contribution in [-0.2, 0) is 6.54 Å². The minimum absolute atomic E-state index is 0.586. The van der Waals surface area contributed by atoms with Gasteiger partial charge in [-0.15, -0.1) is 0 Å². The van der Waals surface area contributed by atoms with Crippen LogP contribution in [0.2, 0.25) is 0 Å². The Bertz CT molecular complexity index is 1030. The molecule has 124 valence electrons. The third-order valence-electron chi connectivity index (χ3n) is 3.69. The normalized spacial score (nSPS) is 11.0. The van der Waals surface area contributed by atoms with Crippen LogP contribution in [0.5, 0.6) is 0 Å². The van der Waals surface area contributed by atoms with Gasteiger partial charge in [0.05, 0.1) is 12.2 Å². The third kappa shape index (κ3) is 3.51. The van der Waals surface area contributed by atoms with E-state index in [2.05, 4.69) is 41.2 Å². The van der Waals surface area contributed by atoms with Crippen molar-refractivity contribution in [2.24, 2.45) is 0 Å². The molecule has 4 aromatic rings. The fraction of sp³-hybridized carbons (Fsp3) is 0.111. The Morgan fingerprint density at radius 3 is 2.88 bits per heavy atom. The third-order valence-corrected chi connectivity index (χ3v) is 4.16. The molecule has 7 heteroatoms. The molecule has 0 aromatic carbocycles. The number of nitrogens with one attached hydrogen (secondary N) is 1. The van der Waals surface area contributed by atoms with Crippen molar-refractivity contribution >= 4 is 27.4 Å². The van der Waals surface area contributed by atoms with E-state index in [-0.39, 0.29) is 0 Å². The fourth-order valence-electron chi connectivity index (χ4n) is 2.57. The number of hydrogen-bond acceptors (Lipinski definition) is 5. The number of imidazole rings is 1. The average Bonchev–Trinajstić information content (AvgIpc) is 3.02. The summed E-state index contributed by atoms with van der Waals surface area (Å²) in [6, 6.07) is 9.71. The van der Waals surface area contributed by atoms with Crippen LogP contribution in [0.15, 0.2) is 59.6 Å². The lowest BCUT2D eigenvalue weighted by molar-refractivity contribution is 1.03. The monoisotopic (exact) mass is 394 g/mol. The van der Waals surface area contributed by atoms with Crippen LogP contribution in [0.1, 0.15) is 11.4 Å². The zero-order chi connectivity index (χ0) is 17.2. The molecule has 0 aliphatic rings. The van der Waals surface area contributed by atoms with Gasteiger partial charge < -0.3 is 9.72 Å². The SMILES string of the molecule is Cc1cc(NCc2cn3cc(Br)ccc3n2)nc(-c2cccnc2)n1. The lowest BCUT2D eigenvalue weighted by Gasteiger charge is -2.07. The minimum atomic E-state index is 0.586. The molecule has 0 spiro atoms. The number of rotatable bonds is 4. The highest BCUT2D eigenvalue weighted by molar-refractivity contribution is 9.10. The van der Waals surface area contributed by atoms with Gasteiger partial charge in [0.1, 0.15) is 11.5 Å². The number of fused-ring (bicyclic) bond motifs is 1. The van der Waals surface area contributed by atoms with Crippen molar-refractivity contribution in [3.63, 3.8) is 0 Å². The average molecular weight is 395 g/mol. The van der Waals surface area contributed by atoms with Crippen molar-refractivity contribution < 1.29 is 0 Å². The van der Waals surface area contributed by atoms with E-state index in [9.17, 15) is 0 Å². The predicted octanol–water partition coefficient (Wildman–Crippen LogP) is 3.87. The predicted molar refractivity (Wildman–Crippen MR) is 100 cm³/mol. The smallest absolute Gasteiger partial charge is 0.163 e. The molecule has 6 nitrogen and oxygen atoms in total. The molecule has 0 radical (unpaired) electrons. The van der Waals surface area contributed by atoms with Crippen LogP contribution in [0.3, 0.4) is 0 Å². The van der Waals surface area contributed by atoms with E-state index < -0.39 is 0 Å². The van der Waals surface area contributed by atoms with Gasteiger partial charge in [-0.25, -0.2) is 15.0 Å². The van der Waals surface area contributed by atoms with Crippen LogP contribution in [0.4, 0.5) is 5.82 Å². The van der Waals surface area contributed by atoms with Crippen molar-refractivity contribution in [3.8, 4) is 11.4 Å². The highest BCUT2D eigenvalue weighted by Crippen LogP contribution is 2.18. The molecule has 4 heterocycles. The zero-order valence-corrected chi connectivity index (χ0v) is 15.1. The van der Waals surface area contributed by atoms with Gasteiger partial charge in [0.15, 0.2) is 5.82 Å². The first kappa shape index (κ1) is 15.7. The summed E-state index contributed by atoms with van der Waals surface area (Å²) in [7, 11) is 0. The standard InChI is InChI=1S/C18H15BrN6/c1-12-7-16(24-18(22-12)13-3-2-6-20-8-13)21-9-15-11-25-10-14(19)4-5-17(25)23-15/h2-8,10-11H,9H2,1H3,(H,21,22,24). The van der Waals surface area contributed by atoms with Crippen molar-refractivity contribution in [3.05, 3.63) is 71.0 Å². The van der Waals surface area contributed by atoms with Gasteiger partial charge in [0.2, 0.25) is 0 Å². The van der Waals surface area contributed by atoms with Crippen molar-refractivity contribution in [2.45, 2.75) is 13.5 Å². The highest BCUT2D eigenvalue weighted by Gasteiger charge is 2.07. The van der Waals surface area contributed by atoms with E-state index in [1.807, 2.05) is 54.0 Å². The van der Waals surface area contributed by atoms with Gasteiger partial charge in [-0.2, -0.15) is 0 Å². The van der Waals surface area contributed by atoms with Gasteiger partial charge in [0.25, 0.3) is 0 Å². The van der Waals surface area contributed by atoms with Gasteiger partial charge in [-0.05, 0) is 47.1 Å². The Morgan fingerprint density at radius 2 is 2.04 bits per heavy atom. The van der Waals surface area contributed by atoms with Crippen LogP contribution in [-0.4, -0.2) is 24.3 Å². The van der Waals surface area contributed by atoms with E-state index in [0.717, 1.165) is 32.9 Å². The van der Waals surface area contributed by atoms with Crippen molar-refractivity contribution in [1.82, 2.24) is 24.3 Å². The molecule has 0 aliphatic heterocycles. The Kier molecular flexibility index (Phi) is 4.15. The fourth-order valence-corrected chi connectivity index (χ4v) is 2.92. The molecule has 0 atom stereocenters. The Hall–Kier alpha value is -2.80. The minimum Gasteiger partial charge on any atom is -0.364 e. The first-order valence-electron chi connectivity index (χ1n) is 7.80. The number of aryl methyl sites for hydroxylation is 1. The number of aromatic nitrogens is 5. The second-order valence-corrected chi connectivity index (χ2v) is 6.57. The van der Waals surface area contributed by atoms with Crippen molar-refractivity contribution in [2.75, 3.05) is 5.32 Å². The summed E-state index contributed by atoms with van der Waals surface area (Å²) >= 11 is 3.47.